The molecule has 0 fully saturated rings. The van der Waals surface area contributed by atoms with Gasteiger partial charge in [0.25, 0.3) is 10.0 Å². The van der Waals surface area contributed by atoms with Gasteiger partial charge in [-0.3, -0.25) is 9.10 Å². The predicted molar refractivity (Wildman–Crippen MR) is 105 cm³/mol. The summed E-state index contributed by atoms with van der Waals surface area (Å²) in [5.74, 6) is -0.214. The molecule has 0 aliphatic rings. The van der Waals surface area contributed by atoms with E-state index in [1.807, 2.05) is 32.9 Å². The Morgan fingerprint density at radius 2 is 1.46 bits per heavy atom. The van der Waals surface area contributed by atoms with Gasteiger partial charge in [-0.2, -0.15) is 0 Å². The highest BCUT2D eigenvalue weighted by molar-refractivity contribution is 7.92. The Morgan fingerprint density at radius 1 is 0.885 bits per heavy atom. The minimum Gasteiger partial charge on any atom is -0.342 e. The van der Waals surface area contributed by atoms with Gasteiger partial charge in [0.2, 0.25) is 5.91 Å². The van der Waals surface area contributed by atoms with Gasteiger partial charge < -0.3 is 4.90 Å². The average Bonchev–Trinajstić information content (AvgIpc) is 2.67. The summed E-state index contributed by atoms with van der Waals surface area (Å²) in [6.45, 7) is 6.68. The molecule has 0 aromatic heterocycles. The number of carbonyl (C=O) groups is 1. The maximum Gasteiger partial charge on any atom is 0.264 e. The molecule has 0 heterocycles. The standard InChI is InChI=1S/C20H26N2O3S/c1-4-17-12-14-18(15-13-17)22(16-20(23)21(5-2)6-3)26(24,25)19-10-8-7-9-11-19/h7-15H,4-6,16H2,1-3H3. The number of nitrogens with zero attached hydrogens (tertiary/aromatic N) is 2. The van der Waals surface area contributed by atoms with Crippen LogP contribution in [0.5, 0.6) is 0 Å². The molecule has 0 aliphatic carbocycles. The third-order valence-corrected chi connectivity index (χ3v) is 6.15. The summed E-state index contributed by atoms with van der Waals surface area (Å²) < 4.78 is 27.6. The molecule has 0 N–H and O–H groups in total. The zero-order valence-electron chi connectivity index (χ0n) is 15.6. The minimum absolute atomic E-state index is 0.173. The number of hydrogen-bond acceptors (Lipinski definition) is 3. The van der Waals surface area contributed by atoms with E-state index in [0.717, 1.165) is 12.0 Å². The van der Waals surface area contributed by atoms with Crippen molar-refractivity contribution in [2.75, 3.05) is 23.9 Å². The lowest BCUT2D eigenvalue weighted by atomic mass is 10.1. The molecule has 1 amide bonds. The van der Waals surface area contributed by atoms with Crippen molar-refractivity contribution >= 4 is 21.6 Å². The van der Waals surface area contributed by atoms with E-state index in [1.54, 1.807) is 47.4 Å². The molecule has 0 radical (unpaired) electrons. The number of hydrogen-bond donors (Lipinski definition) is 0. The van der Waals surface area contributed by atoms with Gasteiger partial charge in [-0.05, 0) is 50.1 Å². The summed E-state index contributed by atoms with van der Waals surface area (Å²) in [6, 6.07) is 15.5. The number of likely N-dealkylation sites (N-methyl/N-ethyl adjacent to an activating group) is 1. The SMILES string of the molecule is CCc1ccc(N(CC(=O)N(CC)CC)S(=O)(=O)c2ccccc2)cc1. The second-order valence-electron chi connectivity index (χ2n) is 5.91. The van der Waals surface area contributed by atoms with E-state index in [9.17, 15) is 13.2 Å². The summed E-state index contributed by atoms with van der Waals surface area (Å²) in [5, 5.41) is 0. The van der Waals surface area contributed by atoms with Crippen molar-refractivity contribution in [2.24, 2.45) is 0 Å². The normalized spacial score (nSPS) is 11.2. The van der Waals surface area contributed by atoms with E-state index in [-0.39, 0.29) is 17.3 Å². The Morgan fingerprint density at radius 3 is 1.96 bits per heavy atom. The molecular formula is C20H26N2O3S. The zero-order chi connectivity index (χ0) is 19.2. The number of anilines is 1. The van der Waals surface area contributed by atoms with Crippen LogP contribution in [0.2, 0.25) is 0 Å². The molecule has 6 heteroatoms. The smallest absolute Gasteiger partial charge is 0.264 e. The Hall–Kier alpha value is -2.34. The Balaban J connectivity index is 2.45. The van der Waals surface area contributed by atoms with Crippen molar-refractivity contribution in [3.8, 4) is 0 Å². The van der Waals surface area contributed by atoms with Crippen LogP contribution in [0, 0.1) is 0 Å². The van der Waals surface area contributed by atoms with E-state index >= 15 is 0 Å². The fourth-order valence-corrected chi connectivity index (χ4v) is 4.17. The lowest BCUT2D eigenvalue weighted by Gasteiger charge is -2.27. The van der Waals surface area contributed by atoms with Gasteiger partial charge in [-0.25, -0.2) is 8.42 Å². The first-order chi connectivity index (χ1) is 12.4. The number of amides is 1. The van der Waals surface area contributed by atoms with Crippen LogP contribution in [0.3, 0.4) is 0 Å². The molecule has 26 heavy (non-hydrogen) atoms. The van der Waals surface area contributed by atoms with Gasteiger partial charge in [0, 0.05) is 13.1 Å². The van der Waals surface area contributed by atoms with E-state index in [0.29, 0.717) is 18.8 Å². The molecule has 0 bridgehead atoms. The number of aryl methyl sites for hydroxylation is 1. The van der Waals surface area contributed by atoms with E-state index in [4.69, 9.17) is 0 Å². The molecular weight excluding hydrogens is 348 g/mol. The highest BCUT2D eigenvalue weighted by Crippen LogP contribution is 2.24. The highest BCUT2D eigenvalue weighted by atomic mass is 32.2. The van der Waals surface area contributed by atoms with Crippen molar-refractivity contribution in [1.82, 2.24) is 4.90 Å². The molecule has 2 rings (SSSR count). The van der Waals surface area contributed by atoms with Crippen LogP contribution in [-0.4, -0.2) is 38.9 Å². The lowest BCUT2D eigenvalue weighted by Crippen LogP contribution is -2.43. The Labute approximate surface area is 156 Å². The molecule has 0 atom stereocenters. The molecule has 0 saturated carbocycles. The second-order valence-corrected chi connectivity index (χ2v) is 7.77. The maximum absolute atomic E-state index is 13.2. The molecule has 0 saturated heterocycles. The van der Waals surface area contributed by atoms with Crippen LogP contribution in [0.1, 0.15) is 26.3 Å². The predicted octanol–water partition coefficient (Wildman–Crippen LogP) is 3.31. The van der Waals surface area contributed by atoms with Crippen molar-refractivity contribution in [3.63, 3.8) is 0 Å². The monoisotopic (exact) mass is 374 g/mol. The summed E-state index contributed by atoms with van der Waals surface area (Å²) >= 11 is 0. The van der Waals surface area contributed by atoms with Crippen molar-refractivity contribution in [3.05, 3.63) is 60.2 Å². The molecule has 5 nitrogen and oxygen atoms in total. The van der Waals surface area contributed by atoms with E-state index < -0.39 is 10.0 Å². The summed E-state index contributed by atoms with van der Waals surface area (Å²) in [5.41, 5.74) is 1.60. The topological polar surface area (TPSA) is 57.7 Å². The van der Waals surface area contributed by atoms with Crippen LogP contribution in [0.15, 0.2) is 59.5 Å². The first-order valence-corrected chi connectivity index (χ1v) is 10.3. The molecule has 0 spiro atoms. The minimum atomic E-state index is -3.83. The third-order valence-electron chi connectivity index (χ3n) is 4.36. The van der Waals surface area contributed by atoms with Gasteiger partial charge in [0.05, 0.1) is 10.6 Å². The summed E-state index contributed by atoms with van der Waals surface area (Å²) in [6.07, 6.45) is 0.865. The quantitative estimate of drug-likeness (QED) is 0.712. The lowest BCUT2D eigenvalue weighted by molar-refractivity contribution is -0.129. The van der Waals surface area contributed by atoms with Gasteiger partial charge in [-0.15, -0.1) is 0 Å². The summed E-state index contributed by atoms with van der Waals surface area (Å²) in [7, 11) is -3.83. The van der Waals surface area contributed by atoms with Gasteiger partial charge in [-0.1, -0.05) is 37.3 Å². The van der Waals surface area contributed by atoms with Gasteiger partial charge in [0.1, 0.15) is 6.54 Å². The zero-order valence-corrected chi connectivity index (χ0v) is 16.4. The Kier molecular flexibility index (Phi) is 6.80. The first-order valence-electron chi connectivity index (χ1n) is 8.88. The largest absolute Gasteiger partial charge is 0.342 e. The number of sulfonamides is 1. The van der Waals surface area contributed by atoms with Crippen LogP contribution in [0.25, 0.3) is 0 Å². The number of benzene rings is 2. The molecule has 2 aromatic rings. The van der Waals surface area contributed by atoms with Crippen LogP contribution in [0.4, 0.5) is 5.69 Å². The molecule has 0 aliphatic heterocycles. The van der Waals surface area contributed by atoms with Gasteiger partial charge >= 0.3 is 0 Å². The van der Waals surface area contributed by atoms with E-state index in [2.05, 4.69) is 0 Å². The first kappa shape index (κ1) is 20.0. The van der Waals surface area contributed by atoms with Crippen LogP contribution in [-0.2, 0) is 21.2 Å². The van der Waals surface area contributed by atoms with Crippen LogP contribution >= 0.6 is 0 Å². The van der Waals surface area contributed by atoms with Crippen molar-refractivity contribution < 1.29 is 13.2 Å². The fraction of sp³-hybridized carbons (Fsp3) is 0.350. The number of carbonyl (C=O) groups excluding carboxylic acids is 1. The van der Waals surface area contributed by atoms with E-state index in [1.165, 1.54) is 4.31 Å². The average molecular weight is 375 g/mol. The number of rotatable bonds is 8. The molecule has 140 valence electrons. The van der Waals surface area contributed by atoms with Crippen molar-refractivity contribution in [2.45, 2.75) is 32.1 Å². The Bertz CT molecular complexity index is 814. The maximum atomic E-state index is 13.2. The molecule has 0 unspecified atom stereocenters. The highest BCUT2D eigenvalue weighted by Gasteiger charge is 2.28. The third kappa shape index (κ3) is 4.43. The fourth-order valence-electron chi connectivity index (χ4n) is 2.73. The van der Waals surface area contributed by atoms with Crippen LogP contribution < -0.4 is 4.31 Å². The summed E-state index contributed by atoms with van der Waals surface area (Å²) in [4.78, 5) is 14.4. The van der Waals surface area contributed by atoms with Crippen molar-refractivity contribution in [1.29, 1.82) is 0 Å². The van der Waals surface area contributed by atoms with Gasteiger partial charge in [0.15, 0.2) is 0 Å². The second kappa shape index (κ2) is 8.85. The molecule has 2 aromatic carbocycles.